The fourth-order valence-corrected chi connectivity index (χ4v) is 4.53. The van der Waals surface area contributed by atoms with Crippen molar-refractivity contribution in [1.82, 2.24) is 9.80 Å². The molecule has 0 N–H and O–H groups in total. The smallest absolute Gasteiger partial charge is 0.291 e. The van der Waals surface area contributed by atoms with Gasteiger partial charge in [-0.05, 0) is 41.5 Å². The van der Waals surface area contributed by atoms with E-state index in [0.717, 1.165) is 11.1 Å². The fraction of sp³-hybridized carbons (Fsp3) is 0.182. The van der Waals surface area contributed by atoms with Crippen LogP contribution in [0, 0.1) is 0 Å². The molecule has 5 nitrogen and oxygen atoms in total. The molecule has 1 fully saturated rings. The van der Waals surface area contributed by atoms with E-state index < -0.39 is 5.66 Å². The minimum Gasteiger partial charge on any atom is -0.459 e. The number of rotatable bonds is 2. The summed E-state index contributed by atoms with van der Waals surface area (Å²) in [5.41, 5.74) is 1.58. The lowest BCUT2D eigenvalue weighted by molar-refractivity contribution is 0.00621. The van der Waals surface area contributed by atoms with Crippen LogP contribution >= 0.6 is 11.6 Å². The molecule has 2 amide bonds. The van der Waals surface area contributed by atoms with Crippen molar-refractivity contribution < 1.29 is 14.0 Å². The first-order valence-electron chi connectivity index (χ1n) is 9.13. The Hall–Kier alpha value is -3.05. The fourth-order valence-electron chi connectivity index (χ4n) is 4.40. The summed E-state index contributed by atoms with van der Waals surface area (Å²) in [5.74, 6) is -0.0253. The predicted molar refractivity (Wildman–Crippen MR) is 104 cm³/mol. The molecule has 2 aliphatic heterocycles. The van der Waals surface area contributed by atoms with Crippen LogP contribution in [0.15, 0.2) is 71.3 Å². The van der Waals surface area contributed by atoms with Gasteiger partial charge in [-0.15, -0.1) is 0 Å². The first-order chi connectivity index (χ1) is 13.6. The van der Waals surface area contributed by atoms with Crippen LogP contribution in [0.4, 0.5) is 0 Å². The molecular weight excluding hydrogens is 376 g/mol. The number of carbonyl (C=O) groups excluding carboxylic acids is 2. The highest BCUT2D eigenvalue weighted by molar-refractivity contribution is 6.30. The van der Waals surface area contributed by atoms with E-state index in [1.54, 1.807) is 34.1 Å². The van der Waals surface area contributed by atoms with Crippen molar-refractivity contribution in [3.63, 3.8) is 0 Å². The average Bonchev–Trinajstić information content (AvgIpc) is 3.37. The molecule has 0 spiro atoms. The van der Waals surface area contributed by atoms with Gasteiger partial charge in [-0.25, -0.2) is 0 Å². The summed E-state index contributed by atoms with van der Waals surface area (Å²) < 4.78 is 5.37. The highest BCUT2D eigenvalue weighted by atomic mass is 35.5. The van der Waals surface area contributed by atoms with Gasteiger partial charge in [0.15, 0.2) is 5.76 Å². The minimum absolute atomic E-state index is 0.0634. The van der Waals surface area contributed by atoms with Gasteiger partial charge in [0.25, 0.3) is 11.8 Å². The number of amides is 2. The number of fused-ring (bicyclic) bond motifs is 2. The monoisotopic (exact) mass is 392 g/mol. The molecule has 2 aliphatic rings. The van der Waals surface area contributed by atoms with E-state index in [1.165, 1.54) is 6.26 Å². The van der Waals surface area contributed by atoms with Gasteiger partial charge in [0.05, 0.1) is 6.26 Å². The van der Waals surface area contributed by atoms with E-state index in [0.29, 0.717) is 30.1 Å². The zero-order chi connectivity index (χ0) is 19.3. The molecule has 1 atom stereocenters. The Kier molecular flexibility index (Phi) is 3.81. The third-order valence-electron chi connectivity index (χ3n) is 5.65. The van der Waals surface area contributed by atoms with Crippen LogP contribution in [0.25, 0.3) is 0 Å². The molecule has 3 heterocycles. The van der Waals surface area contributed by atoms with E-state index in [2.05, 4.69) is 0 Å². The normalized spacial score (nSPS) is 20.8. The molecule has 0 aliphatic carbocycles. The third kappa shape index (κ3) is 2.33. The molecule has 140 valence electrons. The lowest BCUT2D eigenvalue weighted by atomic mass is 9.83. The Bertz CT molecular complexity index is 1060. The summed E-state index contributed by atoms with van der Waals surface area (Å²) in [7, 11) is 0. The summed E-state index contributed by atoms with van der Waals surface area (Å²) >= 11 is 6.11. The molecular formula is C22H17ClN2O3. The van der Waals surface area contributed by atoms with Gasteiger partial charge in [-0.3, -0.25) is 9.59 Å². The molecule has 1 unspecified atom stereocenters. The quantitative estimate of drug-likeness (QED) is 0.663. The van der Waals surface area contributed by atoms with Crippen LogP contribution in [0.3, 0.4) is 0 Å². The Balaban J connectivity index is 1.71. The van der Waals surface area contributed by atoms with E-state index in [-0.39, 0.29) is 17.6 Å². The molecule has 6 heteroatoms. The van der Waals surface area contributed by atoms with Crippen molar-refractivity contribution in [2.24, 2.45) is 0 Å². The van der Waals surface area contributed by atoms with Gasteiger partial charge in [-0.2, -0.15) is 0 Å². The van der Waals surface area contributed by atoms with Gasteiger partial charge in [0.2, 0.25) is 0 Å². The number of nitrogens with zero attached hydrogens (tertiary/aromatic N) is 2. The zero-order valence-electron chi connectivity index (χ0n) is 15.0. The van der Waals surface area contributed by atoms with Crippen LogP contribution in [-0.4, -0.2) is 34.7 Å². The Morgan fingerprint density at radius 2 is 1.79 bits per heavy atom. The summed E-state index contributed by atoms with van der Waals surface area (Å²) in [4.78, 5) is 30.2. The van der Waals surface area contributed by atoms with E-state index >= 15 is 0 Å². The van der Waals surface area contributed by atoms with Crippen LogP contribution in [-0.2, 0) is 12.1 Å². The Morgan fingerprint density at radius 1 is 1.00 bits per heavy atom. The summed E-state index contributed by atoms with van der Waals surface area (Å²) in [6.45, 7) is 0.893. The average molecular weight is 393 g/mol. The number of benzene rings is 2. The zero-order valence-corrected chi connectivity index (χ0v) is 15.7. The van der Waals surface area contributed by atoms with Crippen molar-refractivity contribution in [3.05, 3.63) is 94.4 Å². The molecule has 2 aromatic carbocycles. The maximum atomic E-state index is 13.3. The highest BCUT2D eigenvalue weighted by Gasteiger charge is 2.56. The summed E-state index contributed by atoms with van der Waals surface area (Å²) in [5, 5.41) is 0.608. The maximum Gasteiger partial charge on any atom is 0.291 e. The van der Waals surface area contributed by atoms with Crippen molar-refractivity contribution >= 4 is 23.4 Å². The van der Waals surface area contributed by atoms with E-state index in [4.69, 9.17) is 16.0 Å². The number of carbonyl (C=O) groups is 2. The van der Waals surface area contributed by atoms with Crippen LogP contribution in [0.5, 0.6) is 0 Å². The number of halogens is 1. The maximum absolute atomic E-state index is 13.3. The summed E-state index contributed by atoms with van der Waals surface area (Å²) in [6.07, 6.45) is 2.00. The van der Waals surface area contributed by atoms with Gasteiger partial charge in [0, 0.05) is 30.1 Å². The minimum atomic E-state index is -0.903. The van der Waals surface area contributed by atoms with Gasteiger partial charge in [0.1, 0.15) is 5.66 Å². The molecule has 1 saturated heterocycles. The largest absolute Gasteiger partial charge is 0.459 e. The van der Waals surface area contributed by atoms with Gasteiger partial charge in [-0.1, -0.05) is 41.9 Å². The lowest BCUT2D eigenvalue weighted by Gasteiger charge is -2.47. The van der Waals surface area contributed by atoms with Gasteiger partial charge < -0.3 is 14.2 Å². The van der Waals surface area contributed by atoms with Crippen LogP contribution in [0.2, 0.25) is 5.02 Å². The number of hydrogen-bond acceptors (Lipinski definition) is 3. The molecule has 5 rings (SSSR count). The predicted octanol–water partition coefficient (Wildman–Crippen LogP) is 3.94. The second-order valence-corrected chi connectivity index (χ2v) is 7.48. The molecule has 3 aromatic rings. The Labute approximate surface area is 167 Å². The Morgan fingerprint density at radius 3 is 2.54 bits per heavy atom. The molecule has 0 radical (unpaired) electrons. The molecule has 1 aromatic heterocycles. The summed E-state index contributed by atoms with van der Waals surface area (Å²) in [6, 6.07) is 18.3. The molecule has 0 bridgehead atoms. The van der Waals surface area contributed by atoms with Gasteiger partial charge >= 0.3 is 0 Å². The second-order valence-electron chi connectivity index (χ2n) is 7.05. The number of hydrogen-bond donors (Lipinski definition) is 0. The lowest BCUT2D eigenvalue weighted by Crippen LogP contribution is -2.58. The van der Waals surface area contributed by atoms with E-state index in [1.807, 2.05) is 36.4 Å². The standard InChI is InChI=1S/C22H17ClN2O3/c23-17-9-7-16(8-10-17)22-14-15-4-1-2-5-18(15)20(26)24(22)11-12-25(22)21(27)19-6-3-13-28-19/h1-10,13H,11-12,14H2. The number of furan rings is 1. The van der Waals surface area contributed by atoms with Crippen molar-refractivity contribution in [3.8, 4) is 0 Å². The first-order valence-corrected chi connectivity index (χ1v) is 9.50. The van der Waals surface area contributed by atoms with Crippen molar-refractivity contribution in [1.29, 1.82) is 0 Å². The van der Waals surface area contributed by atoms with E-state index in [9.17, 15) is 9.59 Å². The third-order valence-corrected chi connectivity index (χ3v) is 5.91. The van der Waals surface area contributed by atoms with Crippen molar-refractivity contribution in [2.45, 2.75) is 12.1 Å². The SMILES string of the molecule is O=C(c1ccco1)N1CCN2C(=O)c3ccccc3CC12c1ccc(Cl)cc1. The van der Waals surface area contributed by atoms with Crippen molar-refractivity contribution in [2.75, 3.05) is 13.1 Å². The second kappa shape index (κ2) is 6.24. The topological polar surface area (TPSA) is 53.8 Å². The van der Waals surface area contributed by atoms with Crippen LogP contribution in [0.1, 0.15) is 32.0 Å². The molecule has 0 saturated carbocycles. The van der Waals surface area contributed by atoms with Crippen LogP contribution < -0.4 is 0 Å². The highest BCUT2D eigenvalue weighted by Crippen LogP contribution is 2.45. The first kappa shape index (κ1) is 17.1. The molecule has 28 heavy (non-hydrogen) atoms.